The second-order valence-electron chi connectivity index (χ2n) is 8.22. The first-order valence-corrected chi connectivity index (χ1v) is 11.5. The van der Waals surface area contributed by atoms with Crippen molar-refractivity contribution < 1.29 is 19.8 Å². The monoisotopic (exact) mass is 514 g/mol. The van der Waals surface area contributed by atoms with Crippen LogP contribution in [0.5, 0.6) is 5.75 Å². The molecule has 0 radical (unpaired) electrons. The van der Waals surface area contributed by atoms with E-state index in [1.807, 2.05) is 17.5 Å². The number of nitrogens with one attached hydrogen (secondary N) is 1. The van der Waals surface area contributed by atoms with Gasteiger partial charge in [-0.05, 0) is 56.1 Å². The molecule has 0 aliphatic carbocycles. The minimum atomic E-state index is -1.08. The molecule has 6 nitrogen and oxygen atoms in total. The molecule has 0 spiro atoms. The number of aromatic carboxylic acids is 1. The molecule has 0 aliphatic rings. The smallest absolute Gasteiger partial charge is 0.336 e. The van der Waals surface area contributed by atoms with Gasteiger partial charge in [0.1, 0.15) is 5.75 Å². The first-order chi connectivity index (χ1) is 15.1. The Balaban J connectivity index is 1.63. The van der Waals surface area contributed by atoms with Gasteiger partial charge in [0.15, 0.2) is 0 Å². The molecule has 0 atom stereocenters. The van der Waals surface area contributed by atoms with E-state index in [-0.39, 0.29) is 22.3 Å². The average molecular weight is 515 g/mol. The van der Waals surface area contributed by atoms with Crippen LogP contribution in [0.2, 0.25) is 0 Å². The molecule has 1 aromatic heterocycles. The maximum absolute atomic E-state index is 12.2. The van der Waals surface area contributed by atoms with Crippen molar-refractivity contribution in [2.24, 2.45) is 5.10 Å². The Morgan fingerprint density at radius 1 is 1.16 bits per heavy atom. The first kappa shape index (κ1) is 23.7. The number of thiophene rings is 1. The molecule has 0 unspecified atom stereocenters. The number of hydrazone groups is 1. The van der Waals surface area contributed by atoms with E-state index in [2.05, 4.69) is 59.4 Å². The van der Waals surface area contributed by atoms with Crippen LogP contribution in [0.1, 0.15) is 52.6 Å². The lowest BCUT2D eigenvalue weighted by atomic mass is 9.86. The number of hydrogen-bond acceptors (Lipinski definition) is 5. The summed E-state index contributed by atoms with van der Waals surface area (Å²) in [5, 5.41) is 25.5. The summed E-state index contributed by atoms with van der Waals surface area (Å²) in [7, 11) is 0. The lowest BCUT2D eigenvalue weighted by molar-refractivity contribution is 0.0695. The van der Waals surface area contributed by atoms with Crippen LogP contribution >= 0.6 is 27.3 Å². The average Bonchev–Trinajstić information content (AvgIpc) is 3.10. The fourth-order valence-electron chi connectivity index (χ4n) is 3.00. The van der Waals surface area contributed by atoms with Crippen LogP contribution in [-0.2, 0) is 11.8 Å². The molecule has 2 aromatic carbocycles. The van der Waals surface area contributed by atoms with Crippen LogP contribution in [0.3, 0.4) is 0 Å². The van der Waals surface area contributed by atoms with Crippen LogP contribution in [0.15, 0.2) is 57.4 Å². The molecule has 0 saturated heterocycles. The molecule has 166 valence electrons. The van der Waals surface area contributed by atoms with Crippen molar-refractivity contribution in [3.05, 3.63) is 74.6 Å². The molecule has 0 saturated carbocycles. The molecule has 3 rings (SSSR count). The number of halogens is 1. The van der Waals surface area contributed by atoms with Gasteiger partial charge >= 0.3 is 5.97 Å². The number of carboxylic acids is 1. The lowest BCUT2D eigenvalue weighted by Gasteiger charge is -2.19. The van der Waals surface area contributed by atoms with Crippen molar-refractivity contribution in [2.75, 3.05) is 0 Å². The number of carbonyl (C=O) groups excluding carboxylic acids is 1. The SMILES string of the molecule is CC(C)(C)c1ccc(-c2scc(CC=NNC(=O)c3ccc(C(=O)O)c(Br)c3)c2O)cc1. The van der Waals surface area contributed by atoms with E-state index in [1.54, 1.807) is 0 Å². The number of carbonyl (C=O) groups is 2. The van der Waals surface area contributed by atoms with Gasteiger partial charge in [-0.25, -0.2) is 10.2 Å². The number of amides is 1. The summed E-state index contributed by atoms with van der Waals surface area (Å²) in [6.45, 7) is 6.47. The second kappa shape index (κ2) is 9.67. The number of aromatic hydroxyl groups is 1. The van der Waals surface area contributed by atoms with Crippen LogP contribution in [0, 0.1) is 0 Å². The summed E-state index contributed by atoms with van der Waals surface area (Å²) < 4.78 is 0.313. The second-order valence-corrected chi connectivity index (χ2v) is 9.96. The molecule has 1 amide bonds. The number of benzene rings is 2. The van der Waals surface area contributed by atoms with Crippen molar-refractivity contribution in [2.45, 2.75) is 32.6 Å². The lowest BCUT2D eigenvalue weighted by Crippen LogP contribution is -2.18. The van der Waals surface area contributed by atoms with E-state index in [4.69, 9.17) is 5.11 Å². The maximum atomic E-state index is 12.2. The van der Waals surface area contributed by atoms with E-state index in [0.29, 0.717) is 10.9 Å². The first-order valence-electron chi connectivity index (χ1n) is 9.83. The molecule has 3 aromatic rings. The predicted molar refractivity (Wildman–Crippen MR) is 131 cm³/mol. The van der Waals surface area contributed by atoms with E-state index in [1.165, 1.54) is 41.3 Å². The molecule has 1 heterocycles. The Kier molecular flexibility index (Phi) is 7.16. The molecule has 32 heavy (non-hydrogen) atoms. The fourth-order valence-corrected chi connectivity index (χ4v) is 4.53. The van der Waals surface area contributed by atoms with Crippen molar-refractivity contribution in [3.63, 3.8) is 0 Å². The minimum absolute atomic E-state index is 0.0659. The summed E-state index contributed by atoms with van der Waals surface area (Å²) in [5.41, 5.74) is 5.72. The summed E-state index contributed by atoms with van der Waals surface area (Å²) in [6.07, 6.45) is 1.86. The molecular weight excluding hydrogens is 492 g/mol. The van der Waals surface area contributed by atoms with Crippen molar-refractivity contribution in [1.82, 2.24) is 5.43 Å². The number of hydrogen-bond donors (Lipinski definition) is 3. The van der Waals surface area contributed by atoms with Crippen LogP contribution in [-0.4, -0.2) is 28.3 Å². The highest BCUT2D eigenvalue weighted by molar-refractivity contribution is 9.10. The van der Waals surface area contributed by atoms with Crippen molar-refractivity contribution in [1.29, 1.82) is 0 Å². The Bertz CT molecular complexity index is 1180. The summed E-state index contributed by atoms with van der Waals surface area (Å²) in [4.78, 5) is 24.0. The van der Waals surface area contributed by atoms with Gasteiger partial charge in [-0.2, -0.15) is 5.10 Å². The molecule has 3 N–H and O–H groups in total. The fraction of sp³-hybridized carbons (Fsp3) is 0.208. The van der Waals surface area contributed by atoms with Crippen LogP contribution in [0.4, 0.5) is 0 Å². The number of nitrogens with zero attached hydrogens (tertiary/aromatic N) is 1. The molecule has 0 aliphatic heterocycles. The molecular formula is C24H23BrN2O4S. The third-order valence-corrected chi connectivity index (χ3v) is 6.60. The van der Waals surface area contributed by atoms with Gasteiger partial charge < -0.3 is 10.2 Å². The van der Waals surface area contributed by atoms with E-state index in [0.717, 1.165) is 16.0 Å². The van der Waals surface area contributed by atoms with Crippen LogP contribution in [0.25, 0.3) is 10.4 Å². The zero-order chi connectivity index (χ0) is 23.5. The highest BCUT2D eigenvalue weighted by Gasteiger charge is 2.16. The standard InChI is InChI=1S/C24H23BrN2O4S/c1-24(2,3)17-7-4-14(5-8-17)21-20(28)16(13-32-21)10-11-26-27-22(29)15-6-9-18(23(30)31)19(25)12-15/h4-9,11-13,28H,10H2,1-3H3,(H,27,29)(H,30,31). The zero-order valence-electron chi connectivity index (χ0n) is 17.8. The van der Waals surface area contributed by atoms with Crippen molar-refractivity contribution in [3.8, 4) is 16.2 Å². The van der Waals surface area contributed by atoms with Gasteiger partial charge in [-0.15, -0.1) is 11.3 Å². The third-order valence-electron chi connectivity index (χ3n) is 4.88. The third kappa shape index (κ3) is 5.44. The Hall–Kier alpha value is -2.97. The molecule has 8 heteroatoms. The normalized spacial score (nSPS) is 11.6. The van der Waals surface area contributed by atoms with E-state index in [9.17, 15) is 14.7 Å². The van der Waals surface area contributed by atoms with Gasteiger partial charge in [0, 0.05) is 28.2 Å². The van der Waals surface area contributed by atoms with Crippen molar-refractivity contribution >= 4 is 45.4 Å². The Morgan fingerprint density at radius 3 is 2.44 bits per heavy atom. The predicted octanol–water partition coefficient (Wildman–Crippen LogP) is 5.84. The highest BCUT2D eigenvalue weighted by Crippen LogP contribution is 2.39. The van der Waals surface area contributed by atoms with Gasteiger partial charge in [0.05, 0.1) is 10.4 Å². The number of carboxylic acid groups (broad SMARTS) is 1. The summed E-state index contributed by atoms with van der Waals surface area (Å²) in [5.74, 6) is -1.33. The minimum Gasteiger partial charge on any atom is -0.506 e. The zero-order valence-corrected chi connectivity index (χ0v) is 20.3. The van der Waals surface area contributed by atoms with Gasteiger partial charge in [0.2, 0.25) is 0 Å². The summed E-state index contributed by atoms with van der Waals surface area (Å²) in [6, 6.07) is 12.4. The summed E-state index contributed by atoms with van der Waals surface area (Å²) >= 11 is 4.60. The van der Waals surface area contributed by atoms with Gasteiger partial charge in [-0.1, -0.05) is 45.0 Å². The van der Waals surface area contributed by atoms with Gasteiger partial charge in [0.25, 0.3) is 5.91 Å². The highest BCUT2D eigenvalue weighted by atomic mass is 79.9. The quantitative estimate of drug-likeness (QED) is 0.284. The number of rotatable bonds is 6. The maximum Gasteiger partial charge on any atom is 0.336 e. The largest absolute Gasteiger partial charge is 0.506 e. The Labute approximate surface area is 198 Å². The molecule has 0 fully saturated rings. The molecule has 0 bridgehead atoms. The van der Waals surface area contributed by atoms with Gasteiger partial charge in [-0.3, -0.25) is 4.79 Å². The topological polar surface area (TPSA) is 99.0 Å². The Morgan fingerprint density at radius 2 is 1.84 bits per heavy atom. The van der Waals surface area contributed by atoms with Crippen LogP contribution < -0.4 is 5.43 Å². The van der Waals surface area contributed by atoms with E-state index >= 15 is 0 Å². The van der Waals surface area contributed by atoms with E-state index < -0.39 is 11.9 Å².